The molecule has 2 fully saturated rings. The number of hydrogen-bond donors (Lipinski definition) is 1. The predicted molar refractivity (Wildman–Crippen MR) is 103 cm³/mol. The molecule has 0 spiro atoms. The van der Waals surface area contributed by atoms with Gasteiger partial charge in [0.15, 0.2) is 6.04 Å². The van der Waals surface area contributed by atoms with Crippen molar-refractivity contribution in [1.29, 1.82) is 0 Å². The number of ether oxygens (including phenoxy) is 1. The lowest BCUT2D eigenvalue weighted by molar-refractivity contribution is -0.915. The van der Waals surface area contributed by atoms with Crippen LogP contribution >= 0.6 is 0 Å². The van der Waals surface area contributed by atoms with Gasteiger partial charge >= 0.3 is 0 Å². The Kier molecular flexibility index (Phi) is 5.00. The Balaban J connectivity index is 1.41. The first-order valence-electron chi connectivity index (χ1n) is 9.43. The molecule has 0 bridgehead atoms. The Bertz CT molecular complexity index is 861. The Morgan fingerprint density at radius 2 is 1.57 bits per heavy atom. The van der Waals surface area contributed by atoms with Gasteiger partial charge in [0, 0.05) is 5.69 Å². The van der Waals surface area contributed by atoms with Gasteiger partial charge in [-0.2, -0.15) is 0 Å². The summed E-state index contributed by atoms with van der Waals surface area (Å²) in [4.78, 5) is 29.9. The molecule has 2 aromatic rings. The maximum absolute atomic E-state index is 13.2. The van der Waals surface area contributed by atoms with E-state index in [0.717, 1.165) is 42.5 Å². The minimum atomic E-state index is -0.389. The molecule has 2 amide bonds. The van der Waals surface area contributed by atoms with Crippen molar-refractivity contribution in [2.75, 3.05) is 43.1 Å². The van der Waals surface area contributed by atoms with Crippen LogP contribution in [-0.4, -0.2) is 51.1 Å². The number of halogens is 1. The maximum atomic E-state index is 13.2. The van der Waals surface area contributed by atoms with Crippen LogP contribution in [0.3, 0.4) is 0 Å². The number of rotatable bonds is 4. The molecule has 1 N–H and O–H groups in total. The number of amides is 2. The number of methoxy groups -OCH3 is 1. The first-order chi connectivity index (χ1) is 13.6. The molecule has 28 heavy (non-hydrogen) atoms. The molecule has 2 heterocycles. The van der Waals surface area contributed by atoms with Crippen molar-refractivity contribution in [2.45, 2.75) is 12.5 Å². The van der Waals surface area contributed by atoms with Gasteiger partial charge in [-0.25, -0.2) is 9.29 Å². The van der Waals surface area contributed by atoms with E-state index in [4.69, 9.17) is 4.74 Å². The highest BCUT2D eigenvalue weighted by Crippen LogP contribution is 2.23. The number of nitrogens with one attached hydrogen (secondary N) is 1. The Labute approximate surface area is 163 Å². The molecule has 6 nitrogen and oxygen atoms in total. The minimum Gasteiger partial charge on any atom is -0.497 e. The zero-order valence-corrected chi connectivity index (χ0v) is 15.7. The number of benzene rings is 2. The van der Waals surface area contributed by atoms with Gasteiger partial charge in [0.2, 0.25) is 5.91 Å². The molecule has 7 heteroatoms. The van der Waals surface area contributed by atoms with Crippen molar-refractivity contribution in [3.8, 4) is 5.75 Å². The lowest BCUT2D eigenvalue weighted by Crippen LogP contribution is -3.19. The number of anilines is 2. The Hall–Kier alpha value is -2.93. The molecule has 0 aromatic heterocycles. The van der Waals surface area contributed by atoms with Gasteiger partial charge in [-0.3, -0.25) is 9.59 Å². The van der Waals surface area contributed by atoms with Crippen LogP contribution in [0.2, 0.25) is 0 Å². The summed E-state index contributed by atoms with van der Waals surface area (Å²) in [5, 5.41) is 0. The van der Waals surface area contributed by atoms with E-state index in [1.807, 2.05) is 24.3 Å². The fourth-order valence-electron chi connectivity index (χ4n) is 4.01. The van der Waals surface area contributed by atoms with Crippen LogP contribution in [0.1, 0.15) is 6.42 Å². The smallest absolute Gasteiger partial charge is 0.292 e. The third-order valence-corrected chi connectivity index (χ3v) is 5.57. The third-order valence-electron chi connectivity index (χ3n) is 5.57. The standard InChI is InChI=1S/C21H22FN3O3/c1-28-18-8-6-16(7-9-18)23-10-12-24(13-11-23)19-14-20(26)25(21(19)27)17-4-2-15(22)3-5-17/h2-9,19H,10-14H2,1H3/p+1/t19-/m0/s1. The van der Waals surface area contributed by atoms with E-state index in [2.05, 4.69) is 4.90 Å². The number of piperazine rings is 1. The lowest BCUT2D eigenvalue weighted by Gasteiger charge is -2.35. The second-order valence-electron chi connectivity index (χ2n) is 7.14. The Morgan fingerprint density at radius 3 is 2.18 bits per heavy atom. The predicted octanol–water partition coefficient (Wildman–Crippen LogP) is 0.871. The van der Waals surface area contributed by atoms with Gasteiger partial charge in [0.1, 0.15) is 11.6 Å². The third kappa shape index (κ3) is 3.45. The monoisotopic (exact) mass is 384 g/mol. The zero-order valence-electron chi connectivity index (χ0n) is 15.7. The van der Waals surface area contributed by atoms with E-state index in [0.29, 0.717) is 5.69 Å². The van der Waals surface area contributed by atoms with E-state index in [9.17, 15) is 14.0 Å². The van der Waals surface area contributed by atoms with Gasteiger partial charge in [-0.1, -0.05) is 0 Å². The summed E-state index contributed by atoms with van der Waals surface area (Å²) >= 11 is 0. The molecule has 146 valence electrons. The Morgan fingerprint density at radius 1 is 0.964 bits per heavy atom. The summed E-state index contributed by atoms with van der Waals surface area (Å²) in [6, 6.07) is 13.1. The van der Waals surface area contributed by atoms with E-state index >= 15 is 0 Å². The summed E-state index contributed by atoms with van der Waals surface area (Å²) in [7, 11) is 1.65. The highest BCUT2D eigenvalue weighted by Gasteiger charge is 2.46. The number of nitrogens with zero attached hydrogens (tertiary/aromatic N) is 2. The molecule has 2 aliphatic heterocycles. The number of carbonyl (C=O) groups is 2. The van der Waals surface area contributed by atoms with Crippen molar-refractivity contribution >= 4 is 23.2 Å². The molecule has 0 saturated carbocycles. The number of hydrogen-bond acceptors (Lipinski definition) is 4. The fraction of sp³-hybridized carbons (Fsp3) is 0.333. The van der Waals surface area contributed by atoms with E-state index < -0.39 is 0 Å². The molecule has 0 unspecified atom stereocenters. The largest absolute Gasteiger partial charge is 0.497 e. The van der Waals surface area contributed by atoms with Crippen LogP contribution < -0.4 is 19.4 Å². The van der Waals surface area contributed by atoms with E-state index in [-0.39, 0.29) is 30.1 Å². The second kappa shape index (κ2) is 7.59. The normalized spacial score (nSPS) is 20.7. The molecular formula is C21H23FN3O3+. The van der Waals surface area contributed by atoms with Crippen molar-refractivity contribution in [1.82, 2.24) is 0 Å². The van der Waals surface area contributed by atoms with Crippen LogP contribution in [0.4, 0.5) is 15.8 Å². The van der Waals surface area contributed by atoms with Crippen LogP contribution in [0.15, 0.2) is 48.5 Å². The molecular weight excluding hydrogens is 361 g/mol. The molecule has 2 aromatic carbocycles. The van der Waals surface area contributed by atoms with Crippen molar-refractivity contribution < 1.29 is 23.6 Å². The number of quaternary nitrogens is 1. The van der Waals surface area contributed by atoms with Crippen molar-refractivity contribution in [3.63, 3.8) is 0 Å². The average molecular weight is 384 g/mol. The van der Waals surface area contributed by atoms with E-state index in [1.54, 1.807) is 7.11 Å². The molecule has 0 radical (unpaired) electrons. The summed E-state index contributed by atoms with van der Waals surface area (Å²) in [6.45, 7) is 3.20. The van der Waals surface area contributed by atoms with Gasteiger partial charge < -0.3 is 14.5 Å². The first kappa shape index (κ1) is 18.4. The van der Waals surface area contributed by atoms with Crippen LogP contribution in [0, 0.1) is 5.82 Å². The summed E-state index contributed by atoms with van der Waals surface area (Å²) in [5.74, 6) is 0.0276. The van der Waals surface area contributed by atoms with Crippen LogP contribution in [0.5, 0.6) is 5.75 Å². The van der Waals surface area contributed by atoms with E-state index in [1.165, 1.54) is 29.2 Å². The number of imide groups is 1. The van der Waals surface area contributed by atoms with Crippen LogP contribution in [-0.2, 0) is 9.59 Å². The molecule has 2 aliphatic rings. The molecule has 0 aliphatic carbocycles. The lowest BCUT2D eigenvalue weighted by atomic mass is 10.1. The van der Waals surface area contributed by atoms with Crippen LogP contribution in [0.25, 0.3) is 0 Å². The van der Waals surface area contributed by atoms with Crippen molar-refractivity contribution in [3.05, 3.63) is 54.3 Å². The fourth-order valence-corrected chi connectivity index (χ4v) is 4.01. The second-order valence-corrected chi connectivity index (χ2v) is 7.14. The molecule has 4 rings (SSSR count). The van der Waals surface area contributed by atoms with Gasteiger partial charge in [-0.15, -0.1) is 0 Å². The molecule has 1 atom stereocenters. The highest BCUT2D eigenvalue weighted by molar-refractivity contribution is 6.21. The minimum absolute atomic E-state index is 0.190. The average Bonchev–Trinajstić information content (AvgIpc) is 3.03. The topological polar surface area (TPSA) is 54.3 Å². The number of carbonyl (C=O) groups excluding carboxylic acids is 2. The first-order valence-corrected chi connectivity index (χ1v) is 9.43. The summed E-state index contributed by atoms with van der Waals surface area (Å²) in [5.41, 5.74) is 1.57. The SMILES string of the molecule is COc1ccc(N2CC[NH+]([C@H]3CC(=O)N(c4ccc(F)cc4)C3=O)CC2)cc1. The van der Waals surface area contributed by atoms with Gasteiger partial charge in [0.05, 0.1) is 45.4 Å². The summed E-state index contributed by atoms with van der Waals surface area (Å²) < 4.78 is 18.3. The highest BCUT2D eigenvalue weighted by atomic mass is 19.1. The summed E-state index contributed by atoms with van der Waals surface area (Å²) in [6.07, 6.45) is 0.202. The molecule has 2 saturated heterocycles. The van der Waals surface area contributed by atoms with Gasteiger partial charge in [0.25, 0.3) is 5.91 Å². The zero-order chi connectivity index (χ0) is 19.7. The van der Waals surface area contributed by atoms with Gasteiger partial charge in [-0.05, 0) is 48.5 Å². The maximum Gasteiger partial charge on any atom is 0.292 e. The quantitative estimate of drug-likeness (QED) is 0.795. The van der Waals surface area contributed by atoms with Crippen molar-refractivity contribution in [2.24, 2.45) is 0 Å².